The van der Waals surface area contributed by atoms with E-state index < -0.39 is 0 Å². The van der Waals surface area contributed by atoms with Gasteiger partial charge in [0.2, 0.25) is 5.91 Å². The third kappa shape index (κ3) is 4.02. The lowest BCUT2D eigenvalue weighted by Gasteiger charge is -2.17. The number of hydrogen-bond donors (Lipinski definition) is 1. The molecule has 5 heteroatoms. The van der Waals surface area contributed by atoms with E-state index >= 15 is 0 Å². The maximum atomic E-state index is 12.4. The molecule has 1 atom stereocenters. The standard InChI is InChI=1S/C20H22N2O2S/c1-3-24-15-7-5-14(6-8-15)11-19(23)22-20-17(12-21)16-9-4-13(2)10-18(16)25-20/h5-8,13H,3-4,9-11H2,1-2H3,(H,22,23). The minimum absolute atomic E-state index is 0.0905. The van der Waals surface area contributed by atoms with Crippen molar-refractivity contribution in [1.82, 2.24) is 0 Å². The second-order valence-corrected chi connectivity index (χ2v) is 7.57. The van der Waals surface area contributed by atoms with Gasteiger partial charge in [-0.25, -0.2) is 0 Å². The maximum absolute atomic E-state index is 12.4. The fourth-order valence-corrected chi connectivity index (χ4v) is 4.56. The summed E-state index contributed by atoms with van der Waals surface area (Å²) in [6.45, 7) is 4.80. The van der Waals surface area contributed by atoms with Crippen LogP contribution in [0.25, 0.3) is 0 Å². The zero-order chi connectivity index (χ0) is 17.8. The Kier molecular flexibility index (Phi) is 5.40. The number of nitrogens with one attached hydrogen (secondary N) is 1. The van der Waals surface area contributed by atoms with E-state index in [1.54, 1.807) is 11.3 Å². The summed E-state index contributed by atoms with van der Waals surface area (Å²) in [6, 6.07) is 9.83. The third-order valence-corrected chi connectivity index (χ3v) is 5.65. The van der Waals surface area contributed by atoms with E-state index in [0.29, 0.717) is 23.1 Å². The predicted molar refractivity (Wildman–Crippen MR) is 100 cm³/mol. The summed E-state index contributed by atoms with van der Waals surface area (Å²) in [7, 11) is 0. The highest BCUT2D eigenvalue weighted by Crippen LogP contribution is 2.39. The lowest BCUT2D eigenvalue weighted by atomic mass is 9.88. The van der Waals surface area contributed by atoms with Crippen molar-refractivity contribution in [3.8, 4) is 11.8 Å². The molecule has 1 aromatic heterocycles. The number of nitrogens with zero attached hydrogens (tertiary/aromatic N) is 1. The minimum Gasteiger partial charge on any atom is -0.494 e. The largest absolute Gasteiger partial charge is 0.494 e. The van der Waals surface area contributed by atoms with Crippen molar-refractivity contribution in [1.29, 1.82) is 5.26 Å². The molecule has 1 N–H and O–H groups in total. The highest BCUT2D eigenvalue weighted by molar-refractivity contribution is 7.16. The average molecular weight is 354 g/mol. The molecule has 1 aromatic carbocycles. The van der Waals surface area contributed by atoms with Gasteiger partial charge in [-0.3, -0.25) is 4.79 Å². The van der Waals surface area contributed by atoms with Crippen LogP contribution >= 0.6 is 11.3 Å². The van der Waals surface area contributed by atoms with Crippen molar-refractivity contribution in [3.63, 3.8) is 0 Å². The Hall–Kier alpha value is -2.32. The zero-order valence-corrected chi connectivity index (χ0v) is 15.4. The number of ether oxygens (including phenoxy) is 1. The van der Waals surface area contributed by atoms with Gasteiger partial charge in [-0.05, 0) is 55.4 Å². The average Bonchev–Trinajstić information content (AvgIpc) is 2.92. The van der Waals surface area contributed by atoms with Gasteiger partial charge in [0.1, 0.15) is 16.8 Å². The number of anilines is 1. The summed E-state index contributed by atoms with van der Waals surface area (Å²) in [5.41, 5.74) is 2.73. The van der Waals surface area contributed by atoms with Crippen molar-refractivity contribution in [2.24, 2.45) is 5.92 Å². The van der Waals surface area contributed by atoms with Crippen LogP contribution in [0.4, 0.5) is 5.00 Å². The Morgan fingerprint density at radius 1 is 1.40 bits per heavy atom. The van der Waals surface area contributed by atoms with Gasteiger partial charge in [0.25, 0.3) is 0 Å². The van der Waals surface area contributed by atoms with Crippen molar-refractivity contribution < 1.29 is 9.53 Å². The zero-order valence-electron chi connectivity index (χ0n) is 14.6. The molecule has 25 heavy (non-hydrogen) atoms. The van der Waals surface area contributed by atoms with Gasteiger partial charge in [-0.15, -0.1) is 11.3 Å². The summed E-state index contributed by atoms with van der Waals surface area (Å²) in [6.07, 6.45) is 3.34. The van der Waals surface area contributed by atoms with E-state index in [-0.39, 0.29) is 12.3 Å². The van der Waals surface area contributed by atoms with E-state index in [1.807, 2.05) is 31.2 Å². The van der Waals surface area contributed by atoms with Crippen molar-refractivity contribution >= 4 is 22.2 Å². The topological polar surface area (TPSA) is 62.1 Å². The van der Waals surface area contributed by atoms with E-state index in [2.05, 4.69) is 18.3 Å². The summed E-state index contributed by atoms with van der Waals surface area (Å²) in [5.74, 6) is 1.36. The fraction of sp³-hybridized carbons (Fsp3) is 0.400. The molecule has 1 heterocycles. The highest BCUT2D eigenvalue weighted by Gasteiger charge is 2.24. The van der Waals surface area contributed by atoms with Crippen LogP contribution in [0.5, 0.6) is 5.75 Å². The molecule has 0 saturated heterocycles. The van der Waals surface area contributed by atoms with E-state index in [1.165, 1.54) is 4.88 Å². The van der Waals surface area contributed by atoms with Crippen molar-refractivity contribution in [2.45, 2.75) is 39.5 Å². The van der Waals surface area contributed by atoms with Crippen LogP contribution in [0.15, 0.2) is 24.3 Å². The molecular formula is C20H22N2O2S. The number of carbonyl (C=O) groups is 1. The normalized spacial score (nSPS) is 16.0. The quantitative estimate of drug-likeness (QED) is 0.869. The molecule has 3 rings (SSSR count). The maximum Gasteiger partial charge on any atom is 0.229 e. The van der Waals surface area contributed by atoms with E-state index in [0.717, 1.165) is 36.1 Å². The van der Waals surface area contributed by atoms with Gasteiger partial charge in [0.05, 0.1) is 18.6 Å². The molecule has 2 aromatic rings. The molecule has 1 aliphatic carbocycles. The number of carbonyl (C=O) groups excluding carboxylic acids is 1. The van der Waals surface area contributed by atoms with Crippen molar-refractivity contribution in [2.75, 3.05) is 11.9 Å². The molecule has 130 valence electrons. The summed E-state index contributed by atoms with van der Waals surface area (Å²) in [5, 5.41) is 13.2. The van der Waals surface area contributed by atoms with Crippen LogP contribution in [0.3, 0.4) is 0 Å². The first-order chi connectivity index (χ1) is 12.1. The van der Waals surface area contributed by atoms with Gasteiger partial charge in [-0.1, -0.05) is 19.1 Å². The fourth-order valence-electron chi connectivity index (χ4n) is 3.18. The summed E-state index contributed by atoms with van der Waals surface area (Å²) < 4.78 is 5.41. The number of benzene rings is 1. The second-order valence-electron chi connectivity index (χ2n) is 6.47. The first-order valence-electron chi connectivity index (χ1n) is 8.67. The van der Waals surface area contributed by atoms with Crippen LogP contribution in [0.1, 0.15) is 41.8 Å². The summed E-state index contributed by atoms with van der Waals surface area (Å²) >= 11 is 1.56. The number of fused-ring (bicyclic) bond motifs is 1. The summed E-state index contributed by atoms with van der Waals surface area (Å²) in [4.78, 5) is 13.6. The highest BCUT2D eigenvalue weighted by atomic mass is 32.1. The molecule has 1 amide bonds. The Morgan fingerprint density at radius 3 is 2.84 bits per heavy atom. The number of hydrogen-bond acceptors (Lipinski definition) is 4. The van der Waals surface area contributed by atoms with Gasteiger partial charge in [-0.2, -0.15) is 5.26 Å². The molecule has 0 fully saturated rings. The lowest BCUT2D eigenvalue weighted by molar-refractivity contribution is -0.115. The Labute approximate surface area is 152 Å². The van der Waals surface area contributed by atoms with Crippen LogP contribution in [0, 0.1) is 17.2 Å². The Morgan fingerprint density at radius 2 is 2.16 bits per heavy atom. The smallest absolute Gasteiger partial charge is 0.229 e. The molecule has 1 aliphatic rings. The van der Waals surface area contributed by atoms with E-state index in [4.69, 9.17) is 4.74 Å². The van der Waals surface area contributed by atoms with Crippen LogP contribution in [0.2, 0.25) is 0 Å². The number of rotatable bonds is 5. The number of nitriles is 1. The van der Waals surface area contributed by atoms with Crippen LogP contribution in [-0.4, -0.2) is 12.5 Å². The molecular weight excluding hydrogens is 332 g/mol. The van der Waals surface area contributed by atoms with Gasteiger partial charge in [0.15, 0.2) is 0 Å². The van der Waals surface area contributed by atoms with E-state index in [9.17, 15) is 10.1 Å². The van der Waals surface area contributed by atoms with Gasteiger partial charge >= 0.3 is 0 Å². The molecule has 4 nitrogen and oxygen atoms in total. The Balaban J connectivity index is 1.70. The predicted octanol–water partition coefficient (Wildman–Crippen LogP) is 4.32. The minimum atomic E-state index is -0.0905. The molecule has 1 unspecified atom stereocenters. The van der Waals surface area contributed by atoms with Gasteiger partial charge < -0.3 is 10.1 Å². The van der Waals surface area contributed by atoms with Crippen LogP contribution in [-0.2, 0) is 24.1 Å². The number of amides is 1. The van der Waals surface area contributed by atoms with Crippen molar-refractivity contribution in [3.05, 3.63) is 45.8 Å². The molecule has 0 bridgehead atoms. The lowest BCUT2D eigenvalue weighted by Crippen LogP contribution is -2.14. The molecule has 0 spiro atoms. The molecule has 0 aliphatic heterocycles. The molecule has 0 radical (unpaired) electrons. The monoisotopic (exact) mass is 354 g/mol. The van der Waals surface area contributed by atoms with Crippen LogP contribution < -0.4 is 10.1 Å². The first-order valence-corrected chi connectivity index (χ1v) is 9.48. The second kappa shape index (κ2) is 7.71. The Bertz CT molecular complexity index is 802. The third-order valence-electron chi connectivity index (χ3n) is 4.48. The van der Waals surface area contributed by atoms with Gasteiger partial charge in [0, 0.05) is 4.88 Å². The SMILES string of the molecule is CCOc1ccc(CC(=O)Nc2sc3c(c2C#N)CCC(C)C3)cc1. The number of thiophene rings is 1. The first kappa shape index (κ1) is 17.5. The molecule has 0 saturated carbocycles.